The van der Waals surface area contributed by atoms with Gasteiger partial charge in [-0.15, -0.1) is 0 Å². The van der Waals surface area contributed by atoms with Gasteiger partial charge in [0.1, 0.15) is 0 Å². The van der Waals surface area contributed by atoms with Crippen LogP contribution >= 0.6 is 0 Å². The summed E-state index contributed by atoms with van der Waals surface area (Å²) in [5.41, 5.74) is 0. The van der Waals surface area contributed by atoms with Gasteiger partial charge < -0.3 is 9.84 Å². The second kappa shape index (κ2) is 3.65. The Morgan fingerprint density at radius 3 is 2.44 bits per heavy atom. The minimum absolute atomic E-state index is 1.01. The standard InChI is InChI=1S/C5H6O4/c1-2-3-9-5(8)4(6)7/h2-3H,1H3,(H,6,7). The van der Waals surface area contributed by atoms with E-state index in [-0.39, 0.29) is 0 Å². The minimum atomic E-state index is -1.59. The molecule has 0 radical (unpaired) electrons. The fourth-order valence-corrected chi connectivity index (χ4v) is 0.180. The van der Waals surface area contributed by atoms with Crippen LogP contribution in [0.3, 0.4) is 0 Å². The van der Waals surface area contributed by atoms with Crippen LogP contribution in [0.4, 0.5) is 0 Å². The van der Waals surface area contributed by atoms with Gasteiger partial charge in [0, 0.05) is 0 Å². The summed E-state index contributed by atoms with van der Waals surface area (Å²) < 4.78 is 4.03. The normalized spacial score (nSPS) is 9.44. The molecule has 1 N–H and O–H groups in total. The molecule has 0 aliphatic heterocycles. The predicted octanol–water partition coefficient (Wildman–Crippen LogP) is 0.148. The maximum Gasteiger partial charge on any atom is 0.422 e. The van der Waals surface area contributed by atoms with E-state index in [1.54, 1.807) is 6.92 Å². The van der Waals surface area contributed by atoms with Crippen LogP contribution in [0.1, 0.15) is 6.92 Å². The van der Waals surface area contributed by atoms with Crippen LogP contribution in [0.2, 0.25) is 0 Å². The fraction of sp³-hybridized carbons (Fsp3) is 0.200. The van der Waals surface area contributed by atoms with Crippen molar-refractivity contribution in [1.82, 2.24) is 0 Å². The lowest BCUT2D eigenvalue weighted by atomic mass is 10.7. The average molecular weight is 130 g/mol. The summed E-state index contributed by atoms with van der Waals surface area (Å²) in [6.07, 6.45) is 2.43. The lowest BCUT2D eigenvalue weighted by Crippen LogP contribution is -2.12. The molecule has 0 amide bonds. The molecular formula is C5H6O4. The molecule has 50 valence electrons. The molecule has 4 heteroatoms. The van der Waals surface area contributed by atoms with E-state index in [1.807, 2.05) is 0 Å². The summed E-state index contributed by atoms with van der Waals surface area (Å²) in [5.74, 6) is -2.86. The van der Waals surface area contributed by atoms with Crippen molar-refractivity contribution < 1.29 is 19.4 Å². The number of ether oxygens (including phenoxy) is 1. The first-order valence-electron chi connectivity index (χ1n) is 2.23. The monoisotopic (exact) mass is 130 g/mol. The Bertz CT molecular complexity index is 147. The number of carboxylic acids is 1. The number of allylic oxidation sites excluding steroid dienone is 1. The number of hydrogen-bond donors (Lipinski definition) is 1. The molecule has 0 aromatic carbocycles. The zero-order valence-corrected chi connectivity index (χ0v) is 4.83. The molecule has 0 aromatic heterocycles. The van der Waals surface area contributed by atoms with E-state index in [0.29, 0.717) is 0 Å². The molecule has 0 bridgehead atoms. The maximum atomic E-state index is 10.0. The highest BCUT2D eigenvalue weighted by molar-refractivity contribution is 6.28. The van der Waals surface area contributed by atoms with E-state index in [9.17, 15) is 9.59 Å². The number of carbonyl (C=O) groups is 2. The van der Waals surface area contributed by atoms with Crippen molar-refractivity contribution in [3.8, 4) is 0 Å². The van der Waals surface area contributed by atoms with E-state index in [1.165, 1.54) is 6.08 Å². The maximum absolute atomic E-state index is 10.0. The number of rotatable bonds is 1. The third-order valence-corrected chi connectivity index (χ3v) is 0.486. The molecule has 4 nitrogen and oxygen atoms in total. The number of carbonyl (C=O) groups excluding carboxylic acids is 1. The van der Waals surface area contributed by atoms with E-state index < -0.39 is 11.9 Å². The third-order valence-electron chi connectivity index (χ3n) is 0.486. The topological polar surface area (TPSA) is 63.6 Å². The Labute approximate surface area is 51.7 Å². The van der Waals surface area contributed by atoms with Crippen LogP contribution in [0, 0.1) is 0 Å². The van der Waals surface area contributed by atoms with Gasteiger partial charge in [-0.05, 0) is 6.92 Å². The lowest BCUT2D eigenvalue weighted by Gasteiger charge is -1.88. The highest BCUT2D eigenvalue weighted by Crippen LogP contribution is 1.78. The summed E-state index contributed by atoms with van der Waals surface area (Å²) in [6.45, 7) is 1.61. The molecule has 0 aliphatic carbocycles. The first kappa shape index (κ1) is 7.68. The summed E-state index contributed by atoms with van der Waals surface area (Å²) in [6, 6.07) is 0. The molecule has 9 heavy (non-hydrogen) atoms. The minimum Gasteiger partial charge on any atom is -0.473 e. The second-order valence-electron chi connectivity index (χ2n) is 1.18. The van der Waals surface area contributed by atoms with Crippen molar-refractivity contribution in [3.63, 3.8) is 0 Å². The van der Waals surface area contributed by atoms with Crippen molar-refractivity contribution in [3.05, 3.63) is 12.3 Å². The van der Waals surface area contributed by atoms with Gasteiger partial charge in [0.25, 0.3) is 0 Å². The van der Waals surface area contributed by atoms with Crippen LogP contribution in [0.25, 0.3) is 0 Å². The van der Waals surface area contributed by atoms with Crippen molar-refractivity contribution in [2.24, 2.45) is 0 Å². The summed E-state index contributed by atoms with van der Waals surface area (Å²) in [5, 5.41) is 7.90. The Hall–Kier alpha value is -1.32. The Balaban J connectivity index is 3.65. The molecule has 0 aliphatic rings. The predicted molar refractivity (Wildman–Crippen MR) is 28.5 cm³/mol. The molecule has 0 saturated heterocycles. The molecule has 0 aromatic rings. The van der Waals surface area contributed by atoms with Crippen LogP contribution in [-0.2, 0) is 14.3 Å². The number of aliphatic carboxylic acids is 1. The van der Waals surface area contributed by atoms with Gasteiger partial charge >= 0.3 is 11.9 Å². The smallest absolute Gasteiger partial charge is 0.422 e. The molecule has 0 unspecified atom stereocenters. The second-order valence-corrected chi connectivity index (χ2v) is 1.18. The van der Waals surface area contributed by atoms with Gasteiger partial charge in [-0.25, -0.2) is 9.59 Å². The summed E-state index contributed by atoms with van der Waals surface area (Å²) in [7, 11) is 0. The van der Waals surface area contributed by atoms with Crippen molar-refractivity contribution >= 4 is 11.9 Å². The van der Waals surface area contributed by atoms with Crippen molar-refractivity contribution in [1.29, 1.82) is 0 Å². The van der Waals surface area contributed by atoms with Gasteiger partial charge in [0.15, 0.2) is 0 Å². The quantitative estimate of drug-likeness (QED) is 0.311. The Morgan fingerprint density at radius 1 is 1.56 bits per heavy atom. The fourth-order valence-electron chi connectivity index (χ4n) is 0.180. The van der Waals surface area contributed by atoms with Crippen LogP contribution in [0.5, 0.6) is 0 Å². The van der Waals surface area contributed by atoms with Crippen molar-refractivity contribution in [2.75, 3.05) is 0 Å². The molecule has 0 fully saturated rings. The largest absolute Gasteiger partial charge is 0.473 e. The zero-order chi connectivity index (χ0) is 7.28. The lowest BCUT2D eigenvalue weighted by molar-refractivity contribution is -0.160. The number of esters is 1. The van der Waals surface area contributed by atoms with Crippen LogP contribution < -0.4 is 0 Å². The molecule has 0 heterocycles. The van der Waals surface area contributed by atoms with Gasteiger partial charge in [-0.2, -0.15) is 0 Å². The summed E-state index contributed by atoms with van der Waals surface area (Å²) in [4.78, 5) is 19.7. The number of carboxylic acid groups (broad SMARTS) is 1. The molecule has 0 spiro atoms. The van der Waals surface area contributed by atoms with E-state index in [2.05, 4.69) is 4.74 Å². The molecule has 0 atom stereocenters. The summed E-state index contributed by atoms with van der Waals surface area (Å²) >= 11 is 0. The van der Waals surface area contributed by atoms with E-state index in [4.69, 9.17) is 5.11 Å². The van der Waals surface area contributed by atoms with Crippen molar-refractivity contribution in [2.45, 2.75) is 6.92 Å². The average Bonchev–Trinajstić information content (AvgIpc) is 1.82. The molecule has 0 rings (SSSR count). The van der Waals surface area contributed by atoms with Crippen LogP contribution in [0.15, 0.2) is 12.3 Å². The number of hydrogen-bond acceptors (Lipinski definition) is 3. The highest BCUT2D eigenvalue weighted by Gasteiger charge is 2.09. The van der Waals surface area contributed by atoms with Gasteiger partial charge in [0.2, 0.25) is 0 Å². The third kappa shape index (κ3) is 3.28. The first-order valence-corrected chi connectivity index (χ1v) is 2.23. The zero-order valence-electron chi connectivity index (χ0n) is 4.83. The molecular weight excluding hydrogens is 124 g/mol. The highest BCUT2D eigenvalue weighted by atomic mass is 16.6. The first-order chi connectivity index (χ1) is 4.18. The van der Waals surface area contributed by atoms with Gasteiger partial charge in [-0.3, -0.25) is 0 Å². The van der Waals surface area contributed by atoms with E-state index in [0.717, 1.165) is 6.26 Å². The Kier molecular flexibility index (Phi) is 3.12. The Morgan fingerprint density at radius 2 is 2.11 bits per heavy atom. The van der Waals surface area contributed by atoms with Gasteiger partial charge in [0.05, 0.1) is 6.26 Å². The molecule has 0 saturated carbocycles. The SMILES string of the molecule is CC=COC(=O)C(=O)O. The van der Waals surface area contributed by atoms with E-state index >= 15 is 0 Å². The van der Waals surface area contributed by atoms with Gasteiger partial charge in [-0.1, -0.05) is 6.08 Å². The van der Waals surface area contributed by atoms with Crippen LogP contribution in [-0.4, -0.2) is 17.0 Å².